The number of hydrogen-bond donors (Lipinski definition) is 2. The largest absolute Gasteiger partial charge is 0.389 e. The molecule has 0 bridgehead atoms. The summed E-state index contributed by atoms with van der Waals surface area (Å²) in [5.74, 6) is 0. The van der Waals surface area contributed by atoms with Gasteiger partial charge in [-0.15, -0.1) is 0 Å². The summed E-state index contributed by atoms with van der Waals surface area (Å²) in [5.41, 5.74) is 1.25. The SMILES string of the molecule is Cc1cccc(Cl)c1NCC(C)(C)O. The van der Waals surface area contributed by atoms with Crippen molar-refractivity contribution in [3.8, 4) is 0 Å². The summed E-state index contributed by atoms with van der Waals surface area (Å²) in [6, 6.07) is 5.73. The molecule has 0 aliphatic heterocycles. The van der Waals surface area contributed by atoms with E-state index in [2.05, 4.69) is 5.32 Å². The molecule has 1 aromatic carbocycles. The van der Waals surface area contributed by atoms with Crippen LogP contribution in [-0.4, -0.2) is 17.3 Å². The smallest absolute Gasteiger partial charge is 0.0763 e. The maximum Gasteiger partial charge on any atom is 0.0763 e. The molecule has 0 spiro atoms. The van der Waals surface area contributed by atoms with Crippen molar-refractivity contribution < 1.29 is 5.11 Å². The lowest BCUT2D eigenvalue weighted by Gasteiger charge is -2.20. The van der Waals surface area contributed by atoms with Crippen LogP contribution in [0.3, 0.4) is 0 Å². The molecule has 0 radical (unpaired) electrons. The lowest BCUT2D eigenvalue weighted by Crippen LogP contribution is -2.29. The molecule has 0 unspecified atom stereocenters. The van der Waals surface area contributed by atoms with Crippen LogP contribution in [0.25, 0.3) is 0 Å². The third-order valence-corrected chi connectivity index (χ3v) is 2.23. The number of anilines is 1. The van der Waals surface area contributed by atoms with E-state index in [0.29, 0.717) is 11.6 Å². The van der Waals surface area contributed by atoms with Crippen molar-refractivity contribution in [3.05, 3.63) is 28.8 Å². The minimum atomic E-state index is -0.731. The van der Waals surface area contributed by atoms with E-state index in [-0.39, 0.29) is 0 Å². The van der Waals surface area contributed by atoms with Crippen molar-refractivity contribution in [2.75, 3.05) is 11.9 Å². The average molecular weight is 214 g/mol. The molecule has 0 saturated heterocycles. The number of aliphatic hydroxyl groups is 1. The predicted octanol–water partition coefficient (Wildman–Crippen LogP) is 2.83. The van der Waals surface area contributed by atoms with Gasteiger partial charge in [0.25, 0.3) is 0 Å². The molecule has 3 heteroatoms. The number of aryl methyl sites for hydroxylation is 1. The lowest BCUT2D eigenvalue weighted by molar-refractivity contribution is 0.0945. The fraction of sp³-hybridized carbons (Fsp3) is 0.455. The molecule has 0 heterocycles. The van der Waals surface area contributed by atoms with Crippen LogP contribution in [0, 0.1) is 6.92 Å². The first-order chi connectivity index (χ1) is 6.40. The maximum atomic E-state index is 9.56. The third kappa shape index (κ3) is 3.20. The first-order valence-electron chi connectivity index (χ1n) is 4.61. The van der Waals surface area contributed by atoms with E-state index in [0.717, 1.165) is 11.3 Å². The monoisotopic (exact) mass is 213 g/mol. The number of nitrogens with one attached hydrogen (secondary N) is 1. The van der Waals surface area contributed by atoms with E-state index in [1.807, 2.05) is 25.1 Å². The van der Waals surface area contributed by atoms with Gasteiger partial charge in [-0.25, -0.2) is 0 Å². The molecule has 0 amide bonds. The van der Waals surface area contributed by atoms with Gasteiger partial charge in [0.05, 0.1) is 16.3 Å². The Kier molecular flexibility index (Phi) is 3.40. The average Bonchev–Trinajstić information content (AvgIpc) is 2.01. The van der Waals surface area contributed by atoms with E-state index in [1.165, 1.54) is 0 Å². The Labute approximate surface area is 89.9 Å². The van der Waals surface area contributed by atoms with Gasteiger partial charge in [-0.1, -0.05) is 23.7 Å². The molecule has 0 aliphatic rings. The highest BCUT2D eigenvalue weighted by molar-refractivity contribution is 6.33. The quantitative estimate of drug-likeness (QED) is 0.810. The lowest BCUT2D eigenvalue weighted by atomic mass is 10.1. The van der Waals surface area contributed by atoms with Crippen LogP contribution < -0.4 is 5.32 Å². The van der Waals surface area contributed by atoms with Crippen molar-refractivity contribution in [2.45, 2.75) is 26.4 Å². The van der Waals surface area contributed by atoms with Crippen LogP contribution in [0.2, 0.25) is 5.02 Å². The van der Waals surface area contributed by atoms with E-state index < -0.39 is 5.60 Å². The molecule has 2 nitrogen and oxygen atoms in total. The molecule has 0 aliphatic carbocycles. The van der Waals surface area contributed by atoms with Crippen LogP contribution in [0.1, 0.15) is 19.4 Å². The van der Waals surface area contributed by atoms with Gasteiger partial charge in [0.2, 0.25) is 0 Å². The minimum Gasteiger partial charge on any atom is -0.389 e. The van der Waals surface area contributed by atoms with E-state index >= 15 is 0 Å². The highest BCUT2D eigenvalue weighted by Crippen LogP contribution is 2.25. The zero-order chi connectivity index (χ0) is 10.8. The van der Waals surface area contributed by atoms with Crippen LogP contribution in [0.4, 0.5) is 5.69 Å². The fourth-order valence-corrected chi connectivity index (χ4v) is 1.45. The highest BCUT2D eigenvalue weighted by atomic mass is 35.5. The van der Waals surface area contributed by atoms with Crippen LogP contribution in [-0.2, 0) is 0 Å². The molecular weight excluding hydrogens is 198 g/mol. The Morgan fingerprint density at radius 2 is 2.07 bits per heavy atom. The van der Waals surface area contributed by atoms with Crippen molar-refractivity contribution in [2.24, 2.45) is 0 Å². The second kappa shape index (κ2) is 4.20. The van der Waals surface area contributed by atoms with Gasteiger partial charge in [-0.05, 0) is 32.4 Å². The Morgan fingerprint density at radius 3 is 2.57 bits per heavy atom. The normalized spacial score (nSPS) is 11.5. The second-order valence-corrected chi connectivity index (χ2v) is 4.50. The predicted molar refractivity (Wildman–Crippen MR) is 61.0 cm³/mol. The Bertz CT molecular complexity index is 297. The number of hydrogen-bond acceptors (Lipinski definition) is 2. The van der Waals surface area contributed by atoms with Crippen molar-refractivity contribution >= 4 is 17.3 Å². The maximum absolute atomic E-state index is 9.56. The van der Waals surface area contributed by atoms with E-state index in [4.69, 9.17) is 11.6 Å². The summed E-state index contributed by atoms with van der Waals surface area (Å²) in [7, 11) is 0. The van der Waals surface area contributed by atoms with Gasteiger partial charge in [-0.3, -0.25) is 0 Å². The van der Waals surface area contributed by atoms with Crippen LogP contribution in [0.5, 0.6) is 0 Å². The molecule has 1 rings (SSSR count). The first kappa shape index (κ1) is 11.3. The van der Waals surface area contributed by atoms with Crippen molar-refractivity contribution in [1.29, 1.82) is 0 Å². The molecule has 0 atom stereocenters. The topological polar surface area (TPSA) is 32.3 Å². The molecule has 0 saturated carbocycles. The fourth-order valence-electron chi connectivity index (χ4n) is 1.16. The standard InChI is InChI=1S/C11H16ClNO/c1-8-5-4-6-9(12)10(8)13-7-11(2,3)14/h4-6,13-14H,7H2,1-3H3. The minimum absolute atomic E-state index is 0.484. The van der Waals surface area contributed by atoms with Gasteiger partial charge in [0.15, 0.2) is 0 Å². The summed E-state index contributed by atoms with van der Waals surface area (Å²) in [6.07, 6.45) is 0. The zero-order valence-electron chi connectivity index (χ0n) is 8.76. The van der Waals surface area contributed by atoms with Gasteiger partial charge < -0.3 is 10.4 Å². The first-order valence-corrected chi connectivity index (χ1v) is 4.99. The summed E-state index contributed by atoms with van der Waals surface area (Å²) >= 11 is 6.01. The summed E-state index contributed by atoms with van der Waals surface area (Å²) in [4.78, 5) is 0. The van der Waals surface area contributed by atoms with Gasteiger partial charge in [0.1, 0.15) is 0 Å². The number of halogens is 1. The second-order valence-electron chi connectivity index (χ2n) is 4.10. The third-order valence-electron chi connectivity index (χ3n) is 1.92. The number of rotatable bonds is 3. The van der Waals surface area contributed by atoms with Crippen molar-refractivity contribution in [1.82, 2.24) is 0 Å². The summed E-state index contributed by atoms with van der Waals surface area (Å²) in [5, 5.41) is 13.4. The highest BCUT2D eigenvalue weighted by Gasteiger charge is 2.13. The summed E-state index contributed by atoms with van der Waals surface area (Å²) in [6.45, 7) is 5.98. The molecule has 78 valence electrons. The van der Waals surface area contributed by atoms with Crippen LogP contribution in [0.15, 0.2) is 18.2 Å². The van der Waals surface area contributed by atoms with Gasteiger partial charge in [-0.2, -0.15) is 0 Å². The Balaban J connectivity index is 2.77. The van der Waals surface area contributed by atoms with Gasteiger partial charge in [0, 0.05) is 6.54 Å². The molecule has 0 fully saturated rings. The molecule has 2 N–H and O–H groups in total. The Hall–Kier alpha value is -0.730. The molecule has 1 aromatic rings. The number of para-hydroxylation sites is 1. The molecule has 0 aromatic heterocycles. The van der Waals surface area contributed by atoms with E-state index in [1.54, 1.807) is 13.8 Å². The molecular formula is C11H16ClNO. The Morgan fingerprint density at radius 1 is 1.43 bits per heavy atom. The summed E-state index contributed by atoms with van der Waals surface area (Å²) < 4.78 is 0. The van der Waals surface area contributed by atoms with Crippen molar-refractivity contribution in [3.63, 3.8) is 0 Å². The number of benzene rings is 1. The van der Waals surface area contributed by atoms with Crippen LogP contribution >= 0.6 is 11.6 Å². The van der Waals surface area contributed by atoms with E-state index in [9.17, 15) is 5.11 Å². The zero-order valence-corrected chi connectivity index (χ0v) is 9.52. The molecule has 14 heavy (non-hydrogen) atoms. The van der Waals surface area contributed by atoms with Gasteiger partial charge >= 0.3 is 0 Å².